The summed E-state index contributed by atoms with van der Waals surface area (Å²) in [6, 6.07) is 3.23. The van der Waals surface area contributed by atoms with Crippen LogP contribution in [0, 0.1) is 22.7 Å². The second kappa shape index (κ2) is 6.70. The summed E-state index contributed by atoms with van der Waals surface area (Å²) in [6.45, 7) is 5.89. The first-order valence-corrected chi connectivity index (χ1v) is 12.4. The minimum Gasteiger partial charge on any atom is -0.459 e. The zero-order valence-corrected chi connectivity index (χ0v) is 19.6. The molecule has 7 nitrogen and oxygen atoms in total. The molecule has 10 atom stereocenters. The van der Waals surface area contributed by atoms with E-state index in [0.717, 1.165) is 37.7 Å². The molecule has 4 saturated carbocycles. The zero-order chi connectivity index (χ0) is 23.4. The average Bonchev–Trinajstić information content (AvgIpc) is 3.45. The van der Waals surface area contributed by atoms with Gasteiger partial charge >= 0.3 is 11.6 Å². The number of epoxide rings is 1. The lowest BCUT2D eigenvalue weighted by Crippen LogP contribution is -2.65. The van der Waals surface area contributed by atoms with E-state index in [1.165, 1.54) is 19.3 Å². The lowest BCUT2D eigenvalue weighted by atomic mass is 9.42. The molecule has 0 radical (unpaired) electrons. The highest BCUT2D eigenvalue weighted by Crippen LogP contribution is 2.78. The fourth-order valence-corrected chi connectivity index (χ4v) is 9.10. The summed E-state index contributed by atoms with van der Waals surface area (Å²) in [5.74, 6) is 0.0816. The molecule has 5 fully saturated rings. The van der Waals surface area contributed by atoms with Gasteiger partial charge in [-0.3, -0.25) is 4.79 Å². The molecule has 1 aromatic heterocycles. The maximum atomic E-state index is 12.1. The number of aliphatic hydroxyl groups excluding tert-OH is 1. The number of hydrogen-bond acceptors (Lipinski definition) is 7. The van der Waals surface area contributed by atoms with Crippen molar-refractivity contribution in [2.24, 2.45) is 22.7 Å². The summed E-state index contributed by atoms with van der Waals surface area (Å²) < 4.78 is 17.7. The van der Waals surface area contributed by atoms with E-state index in [9.17, 15) is 19.8 Å². The van der Waals surface area contributed by atoms with Gasteiger partial charge in [0.15, 0.2) is 0 Å². The zero-order valence-electron chi connectivity index (χ0n) is 19.6. The van der Waals surface area contributed by atoms with Crippen LogP contribution in [0.3, 0.4) is 0 Å². The van der Waals surface area contributed by atoms with Gasteiger partial charge in [-0.2, -0.15) is 0 Å². The van der Waals surface area contributed by atoms with Gasteiger partial charge in [-0.1, -0.05) is 13.8 Å². The third-order valence-corrected chi connectivity index (χ3v) is 10.6. The molecule has 180 valence electrons. The number of carbonyl (C=O) groups is 1. The van der Waals surface area contributed by atoms with E-state index in [4.69, 9.17) is 13.9 Å². The molecule has 6 rings (SSSR count). The Kier molecular flexibility index (Phi) is 4.43. The van der Waals surface area contributed by atoms with Gasteiger partial charge in [0, 0.05) is 30.7 Å². The Balaban J connectivity index is 1.42. The molecule has 1 spiro atoms. The molecule has 1 saturated heterocycles. The average molecular weight is 459 g/mol. The van der Waals surface area contributed by atoms with Crippen molar-refractivity contribution in [3.63, 3.8) is 0 Å². The van der Waals surface area contributed by atoms with Crippen LogP contribution in [0.4, 0.5) is 0 Å². The van der Waals surface area contributed by atoms with Crippen molar-refractivity contribution in [2.75, 3.05) is 0 Å². The van der Waals surface area contributed by atoms with Crippen LogP contribution in [0.5, 0.6) is 0 Å². The first kappa shape index (κ1) is 21.8. The molecular formula is C26H34O7. The number of aliphatic hydroxyl groups is 2. The van der Waals surface area contributed by atoms with Crippen molar-refractivity contribution in [1.82, 2.24) is 0 Å². The lowest BCUT2D eigenvalue weighted by molar-refractivity contribution is -0.224. The van der Waals surface area contributed by atoms with E-state index >= 15 is 0 Å². The van der Waals surface area contributed by atoms with E-state index in [1.807, 2.05) is 0 Å². The molecule has 2 N–H and O–H groups in total. The maximum absolute atomic E-state index is 12.1. The molecule has 0 amide bonds. The van der Waals surface area contributed by atoms with Crippen molar-refractivity contribution in [3.8, 4) is 0 Å². The van der Waals surface area contributed by atoms with Crippen LogP contribution >= 0.6 is 0 Å². The van der Waals surface area contributed by atoms with Crippen LogP contribution in [0.2, 0.25) is 0 Å². The van der Waals surface area contributed by atoms with Crippen molar-refractivity contribution in [2.45, 2.75) is 101 Å². The number of hydrogen-bond donors (Lipinski definition) is 2. The largest absolute Gasteiger partial charge is 0.459 e. The van der Waals surface area contributed by atoms with Gasteiger partial charge in [0.05, 0.1) is 18.0 Å². The standard InChI is InChI=1S/C26H34O7/c1-14(27)32-21-20(15-4-5-19(29)31-13-15)24(3)10-7-17-18(26(24)22(21)33-26)8-11-25(30)12-16(28)6-9-23(17,25)2/h4-5,13,16-18,20-22,28,30H,6-12H2,1-3H3/t16-,17?,18?,20-,21+,22?,23+,24+,25-,26?/m0/s1. The summed E-state index contributed by atoms with van der Waals surface area (Å²) in [5.41, 5.74) is -1.34. The van der Waals surface area contributed by atoms with Crippen molar-refractivity contribution in [3.05, 3.63) is 34.4 Å². The quantitative estimate of drug-likeness (QED) is 0.518. The first-order valence-electron chi connectivity index (χ1n) is 12.4. The van der Waals surface area contributed by atoms with Crippen molar-refractivity contribution in [1.29, 1.82) is 0 Å². The Morgan fingerprint density at radius 1 is 1.09 bits per heavy atom. The van der Waals surface area contributed by atoms with E-state index < -0.39 is 29.0 Å². The van der Waals surface area contributed by atoms with Crippen LogP contribution in [0.1, 0.15) is 77.2 Å². The van der Waals surface area contributed by atoms with E-state index in [2.05, 4.69) is 13.8 Å². The maximum Gasteiger partial charge on any atom is 0.335 e. The Bertz CT molecular complexity index is 1030. The normalized spacial score (nSPS) is 52.2. The summed E-state index contributed by atoms with van der Waals surface area (Å²) in [6.07, 6.45) is 5.74. The van der Waals surface area contributed by atoms with E-state index in [0.29, 0.717) is 12.8 Å². The van der Waals surface area contributed by atoms with Crippen LogP contribution in [0.15, 0.2) is 27.6 Å². The molecule has 4 aliphatic carbocycles. The Labute approximate surface area is 193 Å². The smallest absolute Gasteiger partial charge is 0.335 e. The molecule has 7 heteroatoms. The van der Waals surface area contributed by atoms with Gasteiger partial charge in [0.25, 0.3) is 0 Å². The molecule has 0 bridgehead atoms. The molecule has 1 aromatic rings. The number of fused-ring (bicyclic) bond motifs is 3. The summed E-state index contributed by atoms with van der Waals surface area (Å²) in [5, 5.41) is 22.0. The highest BCUT2D eigenvalue weighted by molar-refractivity contribution is 5.66. The minimum atomic E-state index is -0.850. The summed E-state index contributed by atoms with van der Waals surface area (Å²) in [7, 11) is 0. The number of carbonyl (C=O) groups excluding carboxylic acids is 1. The molecule has 0 aromatic carbocycles. The fourth-order valence-electron chi connectivity index (χ4n) is 9.10. The molecular weight excluding hydrogens is 424 g/mol. The second-order valence-corrected chi connectivity index (χ2v) is 11.8. The van der Waals surface area contributed by atoms with Crippen LogP contribution in [0.25, 0.3) is 0 Å². The predicted molar refractivity (Wildman–Crippen MR) is 117 cm³/mol. The molecule has 2 heterocycles. The third kappa shape index (κ3) is 2.62. The van der Waals surface area contributed by atoms with Gasteiger partial charge in [0.1, 0.15) is 17.8 Å². The fraction of sp³-hybridized carbons (Fsp3) is 0.769. The Morgan fingerprint density at radius 2 is 1.82 bits per heavy atom. The van der Waals surface area contributed by atoms with E-state index in [-0.39, 0.29) is 40.7 Å². The van der Waals surface area contributed by atoms with Crippen LogP contribution < -0.4 is 5.63 Å². The molecule has 33 heavy (non-hydrogen) atoms. The van der Waals surface area contributed by atoms with Gasteiger partial charge < -0.3 is 24.1 Å². The third-order valence-electron chi connectivity index (χ3n) is 10.6. The van der Waals surface area contributed by atoms with Gasteiger partial charge in [-0.15, -0.1) is 0 Å². The van der Waals surface area contributed by atoms with Gasteiger partial charge in [-0.05, 0) is 67.4 Å². The molecule has 4 unspecified atom stereocenters. The predicted octanol–water partition coefficient (Wildman–Crippen LogP) is 2.91. The first-order chi connectivity index (χ1) is 15.6. The molecule has 5 aliphatic rings. The highest BCUT2D eigenvalue weighted by atomic mass is 16.7. The molecule has 1 aliphatic heterocycles. The van der Waals surface area contributed by atoms with Crippen molar-refractivity contribution < 1.29 is 28.9 Å². The van der Waals surface area contributed by atoms with E-state index in [1.54, 1.807) is 6.07 Å². The summed E-state index contributed by atoms with van der Waals surface area (Å²) in [4.78, 5) is 23.7. The Morgan fingerprint density at radius 3 is 2.52 bits per heavy atom. The SMILES string of the molecule is CC(=O)O[C@H]1C2OC23C2CC[C@]4(O)C[C@@H](O)CC[C@]4(C)C2CC[C@]3(C)[C@H]1c1ccc(=O)oc1. The topological polar surface area (TPSA) is 110 Å². The lowest BCUT2D eigenvalue weighted by Gasteiger charge is -2.63. The number of esters is 1. The van der Waals surface area contributed by atoms with Gasteiger partial charge in [-0.25, -0.2) is 4.79 Å². The minimum absolute atomic E-state index is 0.118. The van der Waals surface area contributed by atoms with Gasteiger partial charge in [0.2, 0.25) is 0 Å². The summed E-state index contributed by atoms with van der Waals surface area (Å²) >= 11 is 0. The second-order valence-electron chi connectivity index (χ2n) is 11.8. The Hall–Kier alpha value is -1.70. The van der Waals surface area contributed by atoms with Crippen molar-refractivity contribution >= 4 is 5.97 Å². The van der Waals surface area contributed by atoms with Crippen LogP contribution in [-0.2, 0) is 14.3 Å². The highest BCUT2D eigenvalue weighted by Gasteiger charge is 2.85. The van der Waals surface area contributed by atoms with Crippen LogP contribution in [-0.4, -0.2) is 45.7 Å². The monoisotopic (exact) mass is 458 g/mol. The number of rotatable bonds is 2. The number of ether oxygens (including phenoxy) is 2.